The van der Waals surface area contributed by atoms with Crippen molar-refractivity contribution >= 4 is 29.9 Å². The fourth-order valence-corrected chi connectivity index (χ4v) is 3.19. The van der Waals surface area contributed by atoms with E-state index in [4.69, 9.17) is 0 Å². The van der Waals surface area contributed by atoms with Gasteiger partial charge in [0.25, 0.3) is 0 Å². The molecule has 2 heterocycles. The lowest BCUT2D eigenvalue weighted by atomic mass is 10.2. The molecule has 27 heavy (non-hydrogen) atoms. The number of nitrogens with one attached hydrogen (secondary N) is 2. The molecule has 1 aliphatic rings. The highest BCUT2D eigenvalue weighted by atomic mass is 127. The molecule has 6 nitrogen and oxygen atoms in total. The lowest BCUT2D eigenvalue weighted by molar-refractivity contribution is 0.594. The number of aromatic nitrogens is 3. The zero-order valence-corrected chi connectivity index (χ0v) is 18.1. The Kier molecular flexibility index (Phi) is 8.96. The summed E-state index contributed by atoms with van der Waals surface area (Å²) in [4.78, 5) is 4.23. The molecule has 0 unspecified atom stereocenters. The number of benzene rings is 1. The summed E-state index contributed by atoms with van der Waals surface area (Å²) in [6.45, 7) is 2.47. The van der Waals surface area contributed by atoms with E-state index >= 15 is 0 Å². The molecular weight excluding hydrogens is 458 g/mol. The molecule has 148 valence electrons. The molecular formula is C19H28FIN6. The van der Waals surface area contributed by atoms with E-state index in [1.165, 1.54) is 31.4 Å². The molecule has 0 spiro atoms. The second kappa shape index (κ2) is 11.2. The molecule has 0 fully saturated rings. The number of fused-ring (bicyclic) bond motifs is 1. The summed E-state index contributed by atoms with van der Waals surface area (Å²) in [6, 6.07) is 6.47. The highest BCUT2D eigenvalue weighted by molar-refractivity contribution is 14.0. The van der Waals surface area contributed by atoms with E-state index in [1.807, 2.05) is 0 Å². The molecule has 1 aromatic carbocycles. The smallest absolute Gasteiger partial charge is 0.191 e. The molecule has 0 aliphatic carbocycles. The summed E-state index contributed by atoms with van der Waals surface area (Å²) in [5, 5.41) is 15.3. The Morgan fingerprint density at radius 3 is 2.74 bits per heavy atom. The van der Waals surface area contributed by atoms with Crippen molar-refractivity contribution < 1.29 is 4.39 Å². The fourth-order valence-electron chi connectivity index (χ4n) is 3.19. The van der Waals surface area contributed by atoms with Crippen molar-refractivity contribution in [3.63, 3.8) is 0 Å². The fraction of sp³-hybridized carbons (Fsp3) is 0.526. The van der Waals surface area contributed by atoms with Crippen LogP contribution in [-0.4, -0.2) is 34.3 Å². The summed E-state index contributed by atoms with van der Waals surface area (Å²) in [6.07, 6.45) is 6.64. The minimum absolute atomic E-state index is 0. The van der Waals surface area contributed by atoms with Crippen LogP contribution >= 0.6 is 24.0 Å². The van der Waals surface area contributed by atoms with Crippen molar-refractivity contribution in [2.75, 3.05) is 13.6 Å². The molecule has 1 aliphatic heterocycles. The molecule has 0 amide bonds. The van der Waals surface area contributed by atoms with Crippen LogP contribution in [0.25, 0.3) is 0 Å². The Bertz CT molecular complexity index is 728. The molecule has 3 rings (SSSR count). The van der Waals surface area contributed by atoms with Crippen LogP contribution in [0.4, 0.5) is 4.39 Å². The Morgan fingerprint density at radius 1 is 1.15 bits per heavy atom. The van der Waals surface area contributed by atoms with Crippen molar-refractivity contribution in [3.8, 4) is 0 Å². The summed E-state index contributed by atoms with van der Waals surface area (Å²) in [5.41, 5.74) is 1.01. The highest BCUT2D eigenvalue weighted by Crippen LogP contribution is 2.15. The van der Waals surface area contributed by atoms with Gasteiger partial charge in [0.05, 0.1) is 0 Å². The first kappa shape index (κ1) is 21.6. The second-order valence-electron chi connectivity index (χ2n) is 6.58. The predicted molar refractivity (Wildman–Crippen MR) is 116 cm³/mol. The second-order valence-corrected chi connectivity index (χ2v) is 6.58. The van der Waals surface area contributed by atoms with Gasteiger partial charge in [-0.1, -0.05) is 18.6 Å². The Balaban J connectivity index is 0.00000261. The van der Waals surface area contributed by atoms with Crippen LogP contribution in [-0.2, 0) is 25.9 Å². The van der Waals surface area contributed by atoms with E-state index < -0.39 is 0 Å². The van der Waals surface area contributed by atoms with Crippen molar-refractivity contribution in [1.82, 2.24) is 25.4 Å². The monoisotopic (exact) mass is 486 g/mol. The van der Waals surface area contributed by atoms with Gasteiger partial charge < -0.3 is 15.2 Å². The van der Waals surface area contributed by atoms with Crippen LogP contribution in [0, 0.1) is 5.82 Å². The van der Waals surface area contributed by atoms with Crippen molar-refractivity contribution in [1.29, 1.82) is 0 Å². The first-order chi connectivity index (χ1) is 12.8. The third-order valence-corrected chi connectivity index (χ3v) is 4.65. The van der Waals surface area contributed by atoms with Gasteiger partial charge >= 0.3 is 0 Å². The Hall–Kier alpha value is -1.71. The number of rotatable bonds is 6. The molecule has 0 radical (unpaired) electrons. The van der Waals surface area contributed by atoms with Crippen molar-refractivity contribution in [2.45, 2.75) is 51.6 Å². The van der Waals surface area contributed by atoms with E-state index in [0.717, 1.165) is 55.5 Å². The van der Waals surface area contributed by atoms with E-state index in [0.29, 0.717) is 6.54 Å². The standard InChI is InChI=1S/C19H27FN6.HI/c1-21-19(23-14-15-8-10-16(20)11-9-15)22-12-5-7-18-25-24-17-6-3-2-4-13-26(17)18;/h8-11H,2-7,12-14H2,1H3,(H2,21,22,23);1H. The predicted octanol–water partition coefficient (Wildman–Crippen LogP) is 3.06. The van der Waals surface area contributed by atoms with Gasteiger partial charge in [-0.05, 0) is 37.0 Å². The molecule has 2 N–H and O–H groups in total. The lowest BCUT2D eigenvalue weighted by Crippen LogP contribution is -2.37. The average molecular weight is 486 g/mol. The van der Waals surface area contributed by atoms with E-state index in [1.54, 1.807) is 19.2 Å². The average Bonchev–Trinajstić information content (AvgIpc) is 2.88. The van der Waals surface area contributed by atoms with E-state index in [-0.39, 0.29) is 29.8 Å². The zero-order chi connectivity index (χ0) is 18.2. The van der Waals surface area contributed by atoms with Gasteiger partial charge in [0.2, 0.25) is 0 Å². The van der Waals surface area contributed by atoms with Crippen LogP contribution in [0.3, 0.4) is 0 Å². The van der Waals surface area contributed by atoms with Crippen molar-refractivity contribution in [2.24, 2.45) is 4.99 Å². The maximum absolute atomic E-state index is 12.9. The highest BCUT2D eigenvalue weighted by Gasteiger charge is 2.14. The van der Waals surface area contributed by atoms with E-state index in [2.05, 4.69) is 30.4 Å². The van der Waals surface area contributed by atoms with Gasteiger partial charge in [0, 0.05) is 39.5 Å². The van der Waals surface area contributed by atoms with Gasteiger partial charge in [-0.25, -0.2) is 4.39 Å². The van der Waals surface area contributed by atoms with Crippen molar-refractivity contribution in [3.05, 3.63) is 47.3 Å². The lowest BCUT2D eigenvalue weighted by Gasteiger charge is -2.12. The number of aryl methyl sites for hydroxylation is 2. The third-order valence-electron chi connectivity index (χ3n) is 4.65. The van der Waals surface area contributed by atoms with Gasteiger partial charge in [0.1, 0.15) is 17.5 Å². The van der Waals surface area contributed by atoms with E-state index in [9.17, 15) is 4.39 Å². The number of hydrogen-bond donors (Lipinski definition) is 2. The first-order valence-electron chi connectivity index (χ1n) is 9.36. The molecule has 0 atom stereocenters. The van der Waals surface area contributed by atoms with Gasteiger partial charge in [-0.15, -0.1) is 34.2 Å². The molecule has 8 heteroatoms. The van der Waals surface area contributed by atoms with Crippen LogP contribution < -0.4 is 10.6 Å². The summed E-state index contributed by atoms with van der Waals surface area (Å²) in [5.74, 6) is 2.76. The topological polar surface area (TPSA) is 67.1 Å². The molecule has 0 bridgehead atoms. The minimum Gasteiger partial charge on any atom is -0.356 e. The van der Waals surface area contributed by atoms with Gasteiger partial charge in [0.15, 0.2) is 5.96 Å². The van der Waals surface area contributed by atoms with Gasteiger partial charge in [-0.2, -0.15) is 0 Å². The number of halogens is 2. The van der Waals surface area contributed by atoms with Crippen LogP contribution in [0.15, 0.2) is 29.3 Å². The Morgan fingerprint density at radius 2 is 1.96 bits per heavy atom. The molecule has 0 saturated heterocycles. The number of nitrogens with zero attached hydrogens (tertiary/aromatic N) is 4. The quantitative estimate of drug-likeness (QED) is 0.285. The maximum atomic E-state index is 12.9. The number of guanidine groups is 1. The summed E-state index contributed by atoms with van der Waals surface area (Å²) in [7, 11) is 1.75. The minimum atomic E-state index is -0.220. The molecule has 1 aromatic heterocycles. The summed E-state index contributed by atoms with van der Waals surface area (Å²) >= 11 is 0. The third kappa shape index (κ3) is 6.44. The Labute approximate surface area is 177 Å². The normalized spacial score (nSPS) is 14.1. The summed E-state index contributed by atoms with van der Waals surface area (Å²) < 4.78 is 15.2. The first-order valence-corrected chi connectivity index (χ1v) is 9.36. The van der Waals surface area contributed by atoms with Crippen LogP contribution in [0.5, 0.6) is 0 Å². The van der Waals surface area contributed by atoms with Crippen LogP contribution in [0.1, 0.15) is 42.9 Å². The maximum Gasteiger partial charge on any atom is 0.191 e. The van der Waals surface area contributed by atoms with Gasteiger partial charge in [-0.3, -0.25) is 4.99 Å². The number of aliphatic imine (C=N–C) groups is 1. The number of hydrogen-bond acceptors (Lipinski definition) is 3. The molecule has 2 aromatic rings. The van der Waals surface area contributed by atoms with Crippen LogP contribution in [0.2, 0.25) is 0 Å². The zero-order valence-electron chi connectivity index (χ0n) is 15.7. The SMILES string of the molecule is CN=C(NCCCc1nnc2n1CCCCC2)NCc1ccc(F)cc1.I. The largest absolute Gasteiger partial charge is 0.356 e. The molecule has 0 saturated carbocycles.